The van der Waals surface area contributed by atoms with Crippen molar-refractivity contribution in [3.8, 4) is 11.5 Å². The zero-order valence-corrected chi connectivity index (χ0v) is 11.1. The number of ether oxygens (including phenoxy) is 2. The number of hydrogen-bond donors (Lipinski definition) is 1. The third kappa shape index (κ3) is 3.38. The molecule has 0 radical (unpaired) electrons. The van der Waals surface area contributed by atoms with Crippen molar-refractivity contribution in [3.63, 3.8) is 0 Å². The van der Waals surface area contributed by atoms with E-state index in [0.29, 0.717) is 23.6 Å². The molecule has 1 aromatic rings. The van der Waals surface area contributed by atoms with Crippen LogP contribution < -0.4 is 9.47 Å². The van der Waals surface area contributed by atoms with E-state index in [-0.39, 0.29) is 19.3 Å². The zero-order valence-electron chi connectivity index (χ0n) is 11.1. The summed E-state index contributed by atoms with van der Waals surface area (Å²) in [5, 5.41) is 8.70. The van der Waals surface area contributed by atoms with Gasteiger partial charge in [0, 0.05) is 25.8 Å². The van der Waals surface area contributed by atoms with Crippen molar-refractivity contribution in [3.05, 3.63) is 23.8 Å². The standard InChI is InChI=1S/C14H19NO4/c1-15(7-3-2-4-8-16)14(17)11-5-6-12-13(9-11)19-10-18-12/h5-6,9,16H,2-4,7-8,10H2,1H3. The van der Waals surface area contributed by atoms with Crippen molar-refractivity contribution in [1.82, 2.24) is 4.90 Å². The summed E-state index contributed by atoms with van der Waals surface area (Å²) in [5.41, 5.74) is 0.605. The quantitative estimate of drug-likeness (QED) is 0.795. The molecule has 0 atom stereocenters. The number of nitrogens with zero attached hydrogens (tertiary/aromatic N) is 1. The summed E-state index contributed by atoms with van der Waals surface area (Å²) in [6.45, 7) is 1.11. The molecule has 104 valence electrons. The highest BCUT2D eigenvalue weighted by molar-refractivity contribution is 5.94. The van der Waals surface area contributed by atoms with Gasteiger partial charge in [0.1, 0.15) is 0 Å². The first-order chi connectivity index (χ1) is 9.22. The summed E-state index contributed by atoms with van der Waals surface area (Å²) in [5.74, 6) is 1.28. The molecule has 0 bridgehead atoms. The van der Waals surface area contributed by atoms with Crippen LogP contribution >= 0.6 is 0 Å². The molecule has 5 heteroatoms. The van der Waals surface area contributed by atoms with E-state index in [1.165, 1.54) is 0 Å². The van der Waals surface area contributed by atoms with Crippen LogP contribution in [0.5, 0.6) is 11.5 Å². The molecule has 19 heavy (non-hydrogen) atoms. The number of fused-ring (bicyclic) bond motifs is 1. The van der Waals surface area contributed by atoms with E-state index in [4.69, 9.17) is 14.6 Å². The van der Waals surface area contributed by atoms with Crippen LogP contribution in [0.2, 0.25) is 0 Å². The van der Waals surface area contributed by atoms with Crippen molar-refractivity contribution in [2.75, 3.05) is 27.0 Å². The lowest BCUT2D eigenvalue weighted by atomic mass is 10.1. The number of carbonyl (C=O) groups excluding carboxylic acids is 1. The molecule has 0 spiro atoms. The Bertz CT molecular complexity index is 447. The van der Waals surface area contributed by atoms with E-state index in [2.05, 4.69) is 0 Å². The van der Waals surface area contributed by atoms with E-state index in [1.807, 2.05) is 0 Å². The van der Waals surface area contributed by atoms with Gasteiger partial charge in [-0.25, -0.2) is 0 Å². The second kappa shape index (κ2) is 6.43. The molecule has 2 rings (SSSR count). The number of benzene rings is 1. The molecule has 0 saturated heterocycles. The van der Waals surface area contributed by atoms with E-state index in [1.54, 1.807) is 30.1 Å². The van der Waals surface area contributed by atoms with Gasteiger partial charge in [0.25, 0.3) is 5.91 Å². The Balaban J connectivity index is 1.91. The maximum atomic E-state index is 12.2. The summed E-state index contributed by atoms with van der Waals surface area (Å²) >= 11 is 0. The molecule has 0 aliphatic carbocycles. The van der Waals surface area contributed by atoms with Crippen LogP contribution in [0, 0.1) is 0 Å². The molecule has 1 heterocycles. The first-order valence-electron chi connectivity index (χ1n) is 6.48. The Morgan fingerprint density at radius 2 is 2.05 bits per heavy atom. The van der Waals surface area contributed by atoms with Crippen molar-refractivity contribution >= 4 is 5.91 Å². The van der Waals surface area contributed by atoms with Crippen molar-refractivity contribution in [2.45, 2.75) is 19.3 Å². The lowest BCUT2D eigenvalue weighted by molar-refractivity contribution is 0.0791. The SMILES string of the molecule is CN(CCCCCO)C(=O)c1ccc2c(c1)OCO2. The molecule has 0 unspecified atom stereocenters. The van der Waals surface area contributed by atoms with Gasteiger partial charge < -0.3 is 19.5 Å². The Kier molecular flexibility index (Phi) is 4.63. The second-order valence-electron chi connectivity index (χ2n) is 4.58. The molecular weight excluding hydrogens is 246 g/mol. The van der Waals surface area contributed by atoms with Gasteiger partial charge in [0.15, 0.2) is 11.5 Å². The maximum absolute atomic E-state index is 12.2. The first kappa shape index (κ1) is 13.7. The zero-order chi connectivity index (χ0) is 13.7. The molecular formula is C14H19NO4. The van der Waals surface area contributed by atoms with Crippen molar-refractivity contribution in [1.29, 1.82) is 0 Å². The third-order valence-electron chi connectivity index (χ3n) is 3.12. The Morgan fingerprint density at radius 1 is 1.26 bits per heavy atom. The van der Waals surface area contributed by atoms with Gasteiger partial charge in [-0.2, -0.15) is 0 Å². The normalized spacial score (nSPS) is 12.5. The average molecular weight is 265 g/mol. The molecule has 0 fully saturated rings. The summed E-state index contributed by atoms with van der Waals surface area (Å²) in [6.07, 6.45) is 2.61. The van der Waals surface area contributed by atoms with Crippen LogP contribution in [0.25, 0.3) is 0 Å². The number of unbranched alkanes of at least 4 members (excludes halogenated alkanes) is 2. The topological polar surface area (TPSA) is 59.0 Å². The highest BCUT2D eigenvalue weighted by Crippen LogP contribution is 2.32. The van der Waals surface area contributed by atoms with Crippen LogP contribution in [0.15, 0.2) is 18.2 Å². The van der Waals surface area contributed by atoms with Gasteiger partial charge in [0.05, 0.1) is 0 Å². The smallest absolute Gasteiger partial charge is 0.253 e. The monoisotopic (exact) mass is 265 g/mol. The Labute approximate surface area is 112 Å². The van der Waals surface area contributed by atoms with Crippen LogP contribution in [0.4, 0.5) is 0 Å². The molecule has 0 aromatic heterocycles. The van der Waals surface area contributed by atoms with E-state index in [9.17, 15) is 4.79 Å². The number of hydrogen-bond acceptors (Lipinski definition) is 4. The van der Waals surface area contributed by atoms with E-state index < -0.39 is 0 Å². The fraction of sp³-hybridized carbons (Fsp3) is 0.500. The fourth-order valence-corrected chi connectivity index (χ4v) is 1.99. The van der Waals surface area contributed by atoms with Crippen molar-refractivity contribution in [2.24, 2.45) is 0 Å². The van der Waals surface area contributed by atoms with Gasteiger partial charge in [-0.3, -0.25) is 4.79 Å². The van der Waals surface area contributed by atoms with Crippen LogP contribution in [0.1, 0.15) is 29.6 Å². The largest absolute Gasteiger partial charge is 0.454 e. The summed E-state index contributed by atoms with van der Waals surface area (Å²) < 4.78 is 10.5. The van der Waals surface area contributed by atoms with E-state index >= 15 is 0 Å². The molecule has 1 aliphatic heterocycles. The molecule has 1 amide bonds. The molecule has 0 saturated carbocycles. The lowest BCUT2D eigenvalue weighted by Crippen LogP contribution is -2.27. The first-order valence-corrected chi connectivity index (χ1v) is 6.48. The predicted octanol–water partition coefficient (Wildman–Crippen LogP) is 1.65. The molecule has 1 aromatic carbocycles. The number of amides is 1. The van der Waals surface area contributed by atoms with Gasteiger partial charge in [-0.15, -0.1) is 0 Å². The average Bonchev–Trinajstić information content (AvgIpc) is 2.89. The van der Waals surface area contributed by atoms with Gasteiger partial charge in [-0.1, -0.05) is 0 Å². The summed E-state index contributed by atoms with van der Waals surface area (Å²) in [7, 11) is 1.78. The molecule has 1 N–H and O–H groups in total. The highest BCUT2D eigenvalue weighted by Gasteiger charge is 2.18. The van der Waals surface area contributed by atoms with Crippen LogP contribution in [0.3, 0.4) is 0 Å². The minimum absolute atomic E-state index is 0.0256. The number of carbonyl (C=O) groups is 1. The molecule has 1 aliphatic rings. The van der Waals surface area contributed by atoms with Crippen molar-refractivity contribution < 1.29 is 19.4 Å². The number of aliphatic hydroxyl groups excluding tert-OH is 1. The van der Waals surface area contributed by atoms with Gasteiger partial charge in [-0.05, 0) is 37.5 Å². The minimum atomic E-state index is -0.0256. The van der Waals surface area contributed by atoms with Crippen LogP contribution in [-0.2, 0) is 0 Å². The predicted molar refractivity (Wildman–Crippen MR) is 70.5 cm³/mol. The van der Waals surface area contributed by atoms with Crippen LogP contribution in [-0.4, -0.2) is 42.9 Å². The Hall–Kier alpha value is -1.75. The van der Waals surface area contributed by atoms with E-state index in [0.717, 1.165) is 19.3 Å². The highest BCUT2D eigenvalue weighted by atomic mass is 16.7. The summed E-state index contributed by atoms with van der Waals surface area (Å²) in [6, 6.07) is 5.23. The number of aliphatic hydroxyl groups is 1. The third-order valence-corrected chi connectivity index (χ3v) is 3.12. The van der Waals surface area contributed by atoms with Gasteiger partial charge >= 0.3 is 0 Å². The lowest BCUT2D eigenvalue weighted by Gasteiger charge is -2.17. The maximum Gasteiger partial charge on any atom is 0.253 e. The number of rotatable bonds is 6. The summed E-state index contributed by atoms with van der Waals surface area (Å²) in [4.78, 5) is 13.9. The molecule has 5 nitrogen and oxygen atoms in total. The van der Waals surface area contributed by atoms with Gasteiger partial charge in [0.2, 0.25) is 6.79 Å². The second-order valence-corrected chi connectivity index (χ2v) is 4.58. The Morgan fingerprint density at radius 3 is 2.84 bits per heavy atom. The fourth-order valence-electron chi connectivity index (χ4n) is 1.99. The minimum Gasteiger partial charge on any atom is -0.454 e.